The molecule has 7 heteroatoms. The second-order valence-corrected chi connectivity index (χ2v) is 6.01. The number of rotatable bonds is 9. The molecular weight excluding hydrogens is 318 g/mol. The maximum atomic E-state index is 11.4. The van der Waals surface area contributed by atoms with E-state index in [0.29, 0.717) is 48.5 Å². The standard InChI is InChI=1S/C16H21NO5S/c1-11(18)14-10-23-16(17-14)13-4-3-12(9-15(13)19)22-8-7-21-6-5-20-2/h3-4,9,14,19H,5-8,10H2,1-2H3/t14-/m1/s1. The minimum Gasteiger partial charge on any atom is -0.507 e. The fourth-order valence-electron chi connectivity index (χ4n) is 1.97. The van der Waals surface area contributed by atoms with Gasteiger partial charge in [0.2, 0.25) is 0 Å². The molecule has 1 aliphatic heterocycles. The van der Waals surface area contributed by atoms with Crippen LogP contribution < -0.4 is 4.74 Å². The van der Waals surface area contributed by atoms with Crippen molar-refractivity contribution in [2.45, 2.75) is 13.0 Å². The number of ketones is 1. The number of nitrogens with zero attached hydrogens (tertiary/aromatic N) is 1. The van der Waals surface area contributed by atoms with Gasteiger partial charge < -0.3 is 19.3 Å². The number of carbonyl (C=O) groups excluding carboxylic acids is 1. The summed E-state index contributed by atoms with van der Waals surface area (Å²) in [5.74, 6) is 1.33. The second kappa shape index (κ2) is 8.90. The Kier molecular flexibility index (Phi) is 6.88. The van der Waals surface area contributed by atoms with Crippen LogP contribution in [-0.4, -0.2) is 61.3 Å². The highest BCUT2D eigenvalue weighted by atomic mass is 32.2. The fourth-order valence-corrected chi connectivity index (χ4v) is 3.13. The Balaban J connectivity index is 1.88. The van der Waals surface area contributed by atoms with E-state index in [2.05, 4.69) is 4.99 Å². The molecule has 1 aromatic carbocycles. The molecule has 1 heterocycles. The van der Waals surface area contributed by atoms with E-state index in [9.17, 15) is 9.90 Å². The Labute approximate surface area is 139 Å². The van der Waals surface area contributed by atoms with Crippen LogP contribution in [-0.2, 0) is 14.3 Å². The summed E-state index contributed by atoms with van der Waals surface area (Å²) in [4.78, 5) is 15.7. The lowest BCUT2D eigenvalue weighted by atomic mass is 10.2. The van der Waals surface area contributed by atoms with E-state index >= 15 is 0 Å². The van der Waals surface area contributed by atoms with Crippen LogP contribution in [0, 0.1) is 0 Å². The van der Waals surface area contributed by atoms with Gasteiger partial charge in [-0.2, -0.15) is 0 Å². The SMILES string of the molecule is COCCOCCOc1ccc(C2=N[C@@H](C(C)=O)CS2)c(O)c1. The molecule has 23 heavy (non-hydrogen) atoms. The smallest absolute Gasteiger partial charge is 0.155 e. The fraction of sp³-hybridized carbons (Fsp3) is 0.500. The summed E-state index contributed by atoms with van der Waals surface area (Å²) in [7, 11) is 1.62. The van der Waals surface area contributed by atoms with E-state index in [1.54, 1.807) is 25.3 Å². The van der Waals surface area contributed by atoms with Crippen LogP contribution in [0.2, 0.25) is 0 Å². The first kappa shape index (κ1) is 17.8. The van der Waals surface area contributed by atoms with Crippen molar-refractivity contribution >= 4 is 22.6 Å². The van der Waals surface area contributed by atoms with Crippen molar-refractivity contribution in [1.82, 2.24) is 0 Å². The number of methoxy groups -OCH3 is 1. The molecular formula is C16H21NO5S. The number of benzene rings is 1. The third-order valence-electron chi connectivity index (χ3n) is 3.25. The number of Topliss-reactive ketones (excluding diaryl/α,β-unsaturated/α-hetero) is 1. The third kappa shape index (κ3) is 5.23. The van der Waals surface area contributed by atoms with Gasteiger partial charge in [-0.1, -0.05) is 0 Å². The van der Waals surface area contributed by atoms with Crippen LogP contribution in [0.4, 0.5) is 0 Å². The average Bonchev–Trinajstić information content (AvgIpc) is 3.01. The number of phenolic OH excluding ortho intramolecular Hbond substituents is 1. The topological polar surface area (TPSA) is 77.3 Å². The Bertz CT molecular complexity index is 576. The number of aromatic hydroxyl groups is 1. The second-order valence-electron chi connectivity index (χ2n) is 5.00. The predicted octanol–water partition coefficient (Wildman–Crippen LogP) is 1.89. The van der Waals surface area contributed by atoms with Gasteiger partial charge in [-0.15, -0.1) is 11.8 Å². The average molecular weight is 339 g/mol. The van der Waals surface area contributed by atoms with E-state index < -0.39 is 0 Å². The third-order valence-corrected chi connectivity index (χ3v) is 4.33. The monoisotopic (exact) mass is 339 g/mol. The number of aliphatic imine (C=N–C) groups is 1. The van der Waals surface area contributed by atoms with Gasteiger partial charge in [0.05, 0.1) is 19.8 Å². The number of carbonyl (C=O) groups is 1. The minimum atomic E-state index is -0.311. The van der Waals surface area contributed by atoms with Crippen molar-refractivity contribution in [2.75, 3.05) is 39.3 Å². The molecule has 0 fully saturated rings. The van der Waals surface area contributed by atoms with Crippen molar-refractivity contribution in [3.63, 3.8) is 0 Å². The molecule has 0 saturated carbocycles. The summed E-state index contributed by atoms with van der Waals surface area (Å²) in [5, 5.41) is 10.8. The Morgan fingerprint density at radius 1 is 1.35 bits per heavy atom. The molecule has 0 unspecified atom stereocenters. The first-order valence-corrected chi connectivity index (χ1v) is 8.34. The van der Waals surface area contributed by atoms with E-state index in [-0.39, 0.29) is 17.6 Å². The van der Waals surface area contributed by atoms with Crippen LogP contribution in [0.15, 0.2) is 23.2 Å². The van der Waals surface area contributed by atoms with E-state index in [0.717, 1.165) is 0 Å². The maximum absolute atomic E-state index is 11.4. The summed E-state index contributed by atoms with van der Waals surface area (Å²) in [6, 6.07) is 4.77. The predicted molar refractivity (Wildman–Crippen MR) is 89.8 cm³/mol. The summed E-state index contributed by atoms with van der Waals surface area (Å²) in [6.07, 6.45) is 0. The lowest BCUT2D eigenvalue weighted by Crippen LogP contribution is -2.14. The number of thioether (sulfide) groups is 1. The first-order chi connectivity index (χ1) is 11.1. The molecule has 0 amide bonds. The molecule has 0 aliphatic carbocycles. The number of phenols is 1. The Morgan fingerprint density at radius 3 is 2.78 bits per heavy atom. The highest BCUT2D eigenvalue weighted by Gasteiger charge is 2.24. The van der Waals surface area contributed by atoms with Crippen molar-refractivity contribution in [3.05, 3.63) is 23.8 Å². The quantitative estimate of drug-likeness (QED) is 0.692. The molecule has 1 aromatic rings. The molecule has 0 saturated heterocycles. The molecule has 0 aromatic heterocycles. The zero-order valence-corrected chi connectivity index (χ0v) is 14.1. The highest BCUT2D eigenvalue weighted by Crippen LogP contribution is 2.31. The molecule has 0 bridgehead atoms. The normalized spacial score (nSPS) is 17.1. The zero-order valence-electron chi connectivity index (χ0n) is 13.3. The number of ether oxygens (including phenoxy) is 3. The van der Waals surface area contributed by atoms with Crippen LogP contribution in [0.1, 0.15) is 12.5 Å². The van der Waals surface area contributed by atoms with Gasteiger partial charge in [0.1, 0.15) is 29.2 Å². The van der Waals surface area contributed by atoms with Crippen LogP contribution in [0.5, 0.6) is 11.5 Å². The molecule has 0 spiro atoms. The molecule has 6 nitrogen and oxygen atoms in total. The van der Waals surface area contributed by atoms with Crippen molar-refractivity contribution < 1.29 is 24.1 Å². The molecule has 1 N–H and O–H groups in total. The lowest BCUT2D eigenvalue weighted by molar-refractivity contribution is -0.117. The Hall–Kier alpha value is -1.57. The van der Waals surface area contributed by atoms with Gasteiger partial charge in [-0.25, -0.2) is 0 Å². The summed E-state index contributed by atoms with van der Waals surface area (Å²) in [5.41, 5.74) is 0.627. The van der Waals surface area contributed by atoms with Crippen molar-refractivity contribution in [2.24, 2.45) is 4.99 Å². The minimum absolute atomic E-state index is 0.0421. The van der Waals surface area contributed by atoms with Gasteiger partial charge in [0.25, 0.3) is 0 Å². The van der Waals surface area contributed by atoms with Crippen LogP contribution >= 0.6 is 11.8 Å². The number of hydrogen-bond donors (Lipinski definition) is 1. The van der Waals surface area contributed by atoms with Gasteiger partial charge >= 0.3 is 0 Å². The van der Waals surface area contributed by atoms with Gasteiger partial charge in [0.15, 0.2) is 5.78 Å². The van der Waals surface area contributed by atoms with E-state index in [4.69, 9.17) is 14.2 Å². The molecule has 1 atom stereocenters. The van der Waals surface area contributed by atoms with E-state index in [1.165, 1.54) is 18.7 Å². The number of hydrogen-bond acceptors (Lipinski definition) is 7. The molecule has 126 valence electrons. The maximum Gasteiger partial charge on any atom is 0.155 e. The lowest BCUT2D eigenvalue weighted by Gasteiger charge is -2.09. The van der Waals surface area contributed by atoms with Crippen molar-refractivity contribution in [3.8, 4) is 11.5 Å². The summed E-state index contributed by atoms with van der Waals surface area (Å²) >= 11 is 1.48. The van der Waals surface area contributed by atoms with Gasteiger partial charge in [0, 0.05) is 24.5 Å². The zero-order chi connectivity index (χ0) is 16.7. The van der Waals surface area contributed by atoms with Crippen LogP contribution in [0.3, 0.4) is 0 Å². The van der Waals surface area contributed by atoms with Gasteiger partial charge in [-0.05, 0) is 19.1 Å². The molecule has 2 rings (SSSR count). The van der Waals surface area contributed by atoms with Gasteiger partial charge in [-0.3, -0.25) is 9.79 Å². The Morgan fingerprint density at radius 2 is 2.13 bits per heavy atom. The summed E-state index contributed by atoms with van der Waals surface area (Å²) in [6.45, 7) is 3.46. The summed E-state index contributed by atoms with van der Waals surface area (Å²) < 4.78 is 15.7. The highest BCUT2D eigenvalue weighted by molar-refractivity contribution is 8.14. The van der Waals surface area contributed by atoms with Crippen molar-refractivity contribution in [1.29, 1.82) is 0 Å². The molecule has 0 radical (unpaired) electrons. The van der Waals surface area contributed by atoms with Crippen LogP contribution in [0.25, 0.3) is 0 Å². The molecule has 1 aliphatic rings. The first-order valence-electron chi connectivity index (χ1n) is 7.35. The van der Waals surface area contributed by atoms with E-state index in [1.807, 2.05) is 0 Å². The largest absolute Gasteiger partial charge is 0.507 e.